The number of nitrogens with one attached hydrogen (secondary N) is 1. The van der Waals surface area contributed by atoms with Crippen LogP contribution in [0.2, 0.25) is 0 Å². The Morgan fingerprint density at radius 3 is 3.00 bits per heavy atom. The molecular weight excluding hydrogens is 262 g/mol. The fourth-order valence-corrected chi connectivity index (χ4v) is 2.98. The van der Waals surface area contributed by atoms with Crippen LogP contribution in [0.3, 0.4) is 0 Å². The molecule has 4 nitrogen and oxygen atoms in total. The van der Waals surface area contributed by atoms with Crippen molar-refractivity contribution in [1.82, 2.24) is 15.2 Å². The maximum atomic E-state index is 12.7. The topological polar surface area (TPSA) is 45.2 Å². The monoisotopic (exact) mass is 283 g/mol. The number of nitrogens with zero attached hydrogens (tertiary/aromatic N) is 2. The van der Waals surface area contributed by atoms with E-state index >= 15 is 0 Å². The fraction of sp³-hybridized carbons (Fsp3) is 0.412. The molecule has 1 amide bonds. The van der Waals surface area contributed by atoms with Gasteiger partial charge in [-0.1, -0.05) is 24.6 Å². The SMILES string of the molecule is CN(CC1CCCCN1)C(=O)c1ccnc2ccccc12. The van der Waals surface area contributed by atoms with Gasteiger partial charge in [0.05, 0.1) is 11.1 Å². The van der Waals surface area contributed by atoms with Crippen LogP contribution in [0.5, 0.6) is 0 Å². The van der Waals surface area contributed by atoms with E-state index in [1.165, 1.54) is 12.8 Å². The zero-order chi connectivity index (χ0) is 14.7. The van der Waals surface area contributed by atoms with Crippen molar-refractivity contribution in [2.45, 2.75) is 25.3 Å². The second-order valence-electron chi connectivity index (χ2n) is 5.71. The Balaban J connectivity index is 1.79. The number of amides is 1. The summed E-state index contributed by atoms with van der Waals surface area (Å²) in [6.07, 6.45) is 5.35. The molecule has 0 aliphatic carbocycles. The molecule has 0 bridgehead atoms. The largest absolute Gasteiger partial charge is 0.340 e. The lowest BCUT2D eigenvalue weighted by atomic mass is 10.0. The van der Waals surface area contributed by atoms with E-state index in [1.54, 1.807) is 6.20 Å². The number of aromatic nitrogens is 1. The third-order valence-electron chi connectivity index (χ3n) is 4.13. The van der Waals surface area contributed by atoms with Crippen molar-refractivity contribution < 1.29 is 4.79 Å². The van der Waals surface area contributed by atoms with Crippen LogP contribution in [0, 0.1) is 0 Å². The summed E-state index contributed by atoms with van der Waals surface area (Å²) in [4.78, 5) is 18.8. The number of benzene rings is 1. The Morgan fingerprint density at radius 1 is 1.33 bits per heavy atom. The molecule has 0 spiro atoms. The number of carbonyl (C=O) groups excluding carboxylic acids is 1. The predicted octanol–water partition coefficient (Wildman–Crippen LogP) is 2.45. The minimum absolute atomic E-state index is 0.0703. The third-order valence-corrected chi connectivity index (χ3v) is 4.13. The average Bonchev–Trinajstić information content (AvgIpc) is 2.54. The van der Waals surface area contributed by atoms with Gasteiger partial charge in [-0.25, -0.2) is 0 Å². The van der Waals surface area contributed by atoms with E-state index in [4.69, 9.17) is 0 Å². The first-order valence-electron chi connectivity index (χ1n) is 7.58. The zero-order valence-electron chi connectivity index (χ0n) is 12.4. The van der Waals surface area contributed by atoms with Gasteiger partial charge in [0.2, 0.25) is 0 Å². The molecule has 1 fully saturated rings. The van der Waals surface area contributed by atoms with Crippen molar-refractivity contribution in [3.05, 3.63) is 42.1 Å². The number of hydrogen-bond donors (Lipinski definition) is 1. The molecule has 1 N–H and O–H groups in total. The molecular formula is C17H21N3O. The van der Waals surface area contributed by atoms with Crippen molar-refractivity contribution in [1.29, 1.82) is 0 Å². The Morgan fingerprint density at radius 2 is 2.19 bits per heavy atom. The number of fused-ring (bicyclic) bond motifs is 1. The molecule has 0 saturated carbocycles. The summed E-state index contributed by atoms with van der Waals surface area (Å²) in [6, 6.07) is 10.0. The van der Waals surface area contributed by atoms with Crippen molar-refractivity contribution in [2.24, 2.45) is 0 Å². The number of para-hydroxylation sites is 1. The molecule has 2 aromatic rings. The number of piperidine rings is 1. The van der Waals surface area contributed by atoms with Gasteiger partial charge in [-0.05, 0) is 31.5 Å². The second-order valence-corrected chi connectivity index (χ2v) is 5.71. The number of likely N-dealkylation sites (N-methyl/N-ethyl adjacent to an activating group) is 1. The summed E-state index contributed by atoms with van der Waals surface area (Å²) in [5.74, 6) is 0.0703. The van der Waals surface area contributed by atoms with Crippen molar-refractivity contribution >= 4 is 16.8 Å². The van der Waals surface area contributed by atoms with Gasteiger partial charge >= 0.3 is 0 Å². The molecule has 110 valence electrons. The highest BCUT2D eigenvalue weighted by molar-refractivity contribution is 6.05. The summed E-state index contributed by atoms with van der Waals surface area (Å²) < 4.78 is 0. The van der Waals surface area contributed by atoms with Crippen molar-refractivity contribution in [3.63, 3.8) is 0 Å². The number of hydrogen-bond acceptors (Lipinski definition) is 3. The van der Waals surface area contributed by atoms with Gasteiger partial charge in [-0.15, -0.1) is 0 Å². The van der Waals surface area contributed by atoms with Crippen molar-refractivity contribution in [3.8, 4) is 0 Å². The quantitative estimate of drug-likeness (QED) is 0.941. The molecule has 1 aromatic heterocycles. The van der Waals surface area contributed by atoms with E-state index in [2.05, 4.69) is 10.3 Å². The first-order chi connectivity index (χ1) is 10.3. The van der Waals surface area contributed by atoms with Gasteiger partial charge in [0.25, 0.3) is 5.91 Å². The minimum Gasteiger partial charge on any atom is -0.340 e. The Bertz CT molecular complexity index is 629. The Labute approximate surface area is 125 Å². The zero-order valence-corrected chi connectivity index (χ0v) is 12.4. The Kier molecular flexibility index (Phi) is 4.15. The first kappa shape index (κ1) is 14.0. The van der Waals surface area contributed by atoms with Crippen LogP contribution in [0.1, 0.15) is 29.6 Å². The first-order valence-corrected chi connectivity index (χ1v) is 7.58. The van der Waals surface area contributed by atoms with E-state index in [1.807, 2.05) is 42.3 Å². The van der Waals surface area contributed by atoms with Crippen LogP contribution in [-0.2, 0) is 0 Å². The number of rotatable bonds is 3. The minimum atomic E-state index is 0.0703. The molecule has 3 rings (SSSR count). The maximum absolute atomic E-state index is 12.7. The molecule has 1 saturated heterocycles. The lowest BCUT2D eigenvalue weighted by molar-refractivity contribution is 0.0777. The van der Waals surface area contributed by atoms with Gasteiger partial charge in [0, 0.05) is 31.2 Å². The number of carbonyl (C=O) groups is 1. The molecule has 1 atom stereocenters. The standard InChI is InChI=1S/C17H21N3O/c1-20(12-13-6-4-5-10-18-13)17(21)15-9-11-19-16-8-3-2-7-14(15)16/h2-3,7-9,11,13,18H,4-6,10,12H2,1H3. The van der Waals surface area contributed by atoms with Gasteiger partial charge < -0.3 is 10.2 Å². The number of pyridine rings is 1. The summed E-state index contributed by atoms with van der Waals surface area (Å²) >= 11 is 0. The highest BCUT2D eigenvalue weighted by Crippen LogP contribution is 2.18. The molecule has 0 radical (unpaired) electrons. The molecule has 1 aliphatic heterocycles. The molecule has 2 heterocycles. The predicted molar refractivity (Wildman–Crippen MR) is 84.3 cm³/mol. The van der Waals surface area contributed by atoms with E-state index in [-0.39, 0.29) is 5.91 Å². The molecule has 4 heteroatoms. The van der Waals surface area contributed by atoms with Crippen LogP contribution in [-0.4, -0.2) is 42.0 Å². The van der Waals surface area contributed by atoms with E-state index in [9.17, 15) is 4.79 Å². The molecule has 1 unspecified atom stereocenters. The van der Waals surface area contributed by atoms with Crippen LogP contribution in [0.25, 0.3) is 10.9 Å². The van der Waals surface area contributed by atoms with Crippen LogP contribution < -0.4 is 5.32 Å². The lowest BCUT2D eigenvalue weighted by Crippen LogP contribution is -2.44. The highest BCUT2D eigenvalue weighted by atomic mass is 16.2. The fourth-order valence-electron chi connectivity index (χ4n) is 2.98. The summed E-state index contributed by atoms with van der Waals surface area (Å²) in [5, 5.41) is 4.41. The van der Waals surface area contributed by atoms with E-state index in [0.717, 1.165) is 36.0 Å². The van der Waals surface area contributed by atoms with Gasteiger partial charge in [-0.2, -0.15) is 0 Å². The molecule has 21 heavy (non-hydrogen) atoms. The molecule has 1 aromatic carbocycles. The summed E-state index contributed by atoms with van der Waals surface area (Å²) in [6.45, 7) is 1.82. The summed E-state index contributed by atoms with van der Waals surface area (Å²) in [7, 11) is 1.88. The van der Waals surface area contributed by atoms with E-state index < -0.39 is 0 Å². The smallest absolute Gasteiger partial charge is 0.254 e. The van der Waals surface area contributed by atoms with Gasteiger partial charge in [0.1, 0.15) is 0 Å². The average molecular weight is 283 g/mol. The van der Waals surface area contributed by atoms with Crippen molar-refractivity contribution in [2.75, 3.05) is 20.1 Å². The summed E-state index contributed by atoms with van der Waals surface area (Å²) in [5.41, 5.74) is 1.60. The molecule has 1 aliphatic rings. The van der Waals surface area contributed by atoms with Crippen LogP contribution >= 0.6 is 0 Å². The maximum Gasteiger partial charge on any atom is 0.254 e. The Hall–Kier alpha value is -1.94. The van der Waals surface area contributed by atoms with Crippen LogP contribution in [0.4, 0.5) is 0 Å². The van der Waals surface area contributed by atoms with Gasteiger partial charge in [-0.3, -0.25) is 9.78 Å². The lowest BCUT2D eigenvalue weighted by Gasteiger charge is -2.28. The van der Waals surface area contributed by atoms with Crippen LogP contribution in [0.15, 0.2) is 36.5 Å². The normalized spacial score (nSPS) is 18.6. The highest BCUT2D eigenvalue weighted by Gasteiger charge is 2.20. The van der Waals surface area contributed by atoms with E-state index in [0.29, 0.717) is 6.04 Å². The van der Waals surface area contributed by atoms with Gasteiger partial charge in [0.15, 0.2) is 0 Å². The second kappa shape index (κ2) is 6.22. The third kappa shape index (κ3) is 3.05.